The first-order valence-corrected chi connectivity index (χ1v) is 7.91. The highest BCUT2D eigenvalue weighted by Crippen LogP contribution is 2.27. The van der Waals surface area contributed by atoms with Gasteiger partial charge in [-0.3, -0.25) is 20.2 Å². The lowest BCUT2D eigenvalue weighted by Crippen LogP contribution is -2.12. The fraction of sp³-hybridized carbons (Fsp3) is 0.182. The van der Waals surface area contributed by atoms with E-state index in [0.29, 0.717) is 5.13 Å². The van der Waals surface area contributed by atoms with Crippen molar-refractivity contribution in [3.05, 3.63) is 38.9 Å². The second kappa shape index (κ2) is 6.83. The zero-order valence-electron chi connectivity index (χ0n) is 10.7. The van der Waals surface area contributed by atoms with Crippen LogP contribution in [-0.4, -0.2) is 26.8 Å². The van der Waals surface area contributed by atoms with E-state index >= 15 is 0 Å². The first-order chi connectivity index (χ1) is 10.0. The summed E-state index contributed by atoms with van der Waals surface area (Å²) in [4.78, 5) is 22.2. The molecule has 2 rings (SSSR count). The molecule has 0 aliphatic heterocycles. The maximum Gasteiger partial charge on any atom is 0.288 e. The van der Waals surface area contributed by atoms with E-state index in [1.807, 2.05) is 6.92 Å². The van der Waals surface area contributed by atoms with E-state index in [2.05, 4.69) is 15.5 Å². The number of thioether (sulfide) groups is 1. The van der Waals surface area contributed by atoms with E-state index < -0.39 is 10.8 Å². The summed E-state index contributed by atoms with van der Waals surface area (Å²) in [6.07, 6.45) is 0. The monoisotopic (exact) mass is 344 g/mol. The molecule has 1 aromatic heterocycles. The van der Waals surface area contributed by atoms with Crippen molar-refractivity contribution in [2.45, 2.75) is 11.3 Å². The Morgan fingerprint density at radius 2 is 2.29 bits per heavy atom. The molecule has 0 aliphatic rings. The fourth-order valence-corrected chi connectivity index (χ4v) is 3.24. The van der Waals surface area contributed by atoms with Crippen LogP contribution in [0.1, 0.15) is 17.3 Å². The molecule has 0 radical (unpaired) electrons. The normalized spacial score (nSPS) is 10.4. The number of halogens is 1. The molecule has 1 heterocycles. The van der Waals surface area contributed by atoms with Gasteiger partial charge in [0, 0.05) is 11.6 Å². The fourth-order valence-electron chi connectivity index (χ4n) is 1.41. The number of amides is 1. The Hall–Kier alpha value is -1.71. The minimum absolute atomic E-state index is 0.0194. The highest BCUT2D eigenvalue weighted by atomic mass is 35.5. The molecule has 1 amide bonds. The van der Waals surface area contributed by atoms with Crippen molar-refractivity contribution in [1.82, 2.24) is 10.2 Å². The number of anilines is 1. The number of nitro groups is 1. The summed E-state index contributed by atoms with van der Waals surface area (Å²) in [7, 11) is 0. The van der Waals surface area contributed by atoms with Gasteiger partial charge in [0.15, 0.2) is 4.34 Å². The zero-order valence-corrected chi connectivity index (χ0v) is 13.1. The molecule has 0 atom stereocenters. The third-order valence-corrected chi connectivity index (χ3v) is 4.47. The van der Waals surface area contributed by atoms with Gasteiger partial charge in [0.2, 0.25) is 5.13 Å². The Kier molecular flexibility index (Phi) is 5.10. The molecular formula is C11H9ClN4O3S2. The summed E-state index contributed by atoms with van der Waals surface area (Å²) in [6.45, 7) is 1.98. The van der Waals surface area contributed by atoms with Crippen LogP contribution in [0.15, 0.2) is 22.5 Å². The van der Waals surface area contributed by atoms with E-state index in [0.717, 1.165) is 16.2 Å². The molecule has 1 N–H and O–H groups in total. The number of rotatable bonds is 5. The van der Waals surface area contributed by atoms with Gasteiger partial charge in [0.1, 0.15) is 5.02 Å². The Bertz CT molecular complexity index is 692. The highest BCUT2D eigenvalue weighted by Gasteiger charge is 2.17. The summed E-state index contributed by atoms with van der Waals surface area (Å²) in [5.41, 5.74) is -0.185. The summed E-state index contributed by atoms with van der Waals surface area (Å²) in [5.74, 6) is 0.352. The molecule has 0 fully saturated rings. The maximum atomic E-state index is 12.0. The number of carbonyl (C=O) groups excluding carboxylic acids is 1. The molecule has 0 saturated carbocycles. The third kappa shape index (κ3) is 3.90. The number of benzene rings is 1. The van der Waals surface area contributed by atoms with Gasteiger partial charge in [-0.15, -0.1) is 10.2 Å². The van der Waals surface area contributed by atoms with Gasteiger partial charge in [-0.2, -0.15) is 0 Å². The van der Waals surface area contributed by atoms with Gasteiger partial charge in [-0.05, 0) is 17.9 Å². The second-order valence-corrected chi connectivity index (χ2v) is 6.58. The van der Waals surface area contributed by atoms with Crippen LogP contribution >= 0.6 is 34.7 Å². The largest absolute Gasteiger partial charge is 0.296 e. The lowest BCUT2D eigenvalue weighted by atomic mass is 10.2. The van der Waals surface area contributed by atoms with Crippen molar-refractivity contribution < 1.29 is 9.72 Å². The van der Waals surface area contributed by atoms with Crippen LogP contribution in [0.2, 0.25) is 5.02 Å². The number of hydrogen-bond donors (Lipinski definition) is 1. The maximum absolute atomic E-state index is 12.0. The third-order valence-electron chi connectivity index (χ3n) is 2.30. The Morgan fingerprint density at radius 1 is 1.52 bits per heavy atom. The number of carbonyl (C=O) groups is 1. The number of nitro benzene ring substituents is 1. The van der Waals surface area contributed by atoms with Crippen molar-refractivity contribution in [1.29, 1.82) is 0 Å². The Morgan fingerprint density at radius 3 is 2.95 bits per heavy atom. The topological polar surface area (TPSA) is 98.0 Å². The van der Waals surface area contributed by atoms with E-state index in [-0.39, 0.29) is 16.3 Å². The van der Waals surface area contributed by atoms with Gasteiger partial charge in [0.25, 0.3) is 11.6 Å². The van der Waals surface area contributed by atoms with Crippen molar-refractivity contribution in [2.24, 2.45) is 0 Å². The molecule has 0 bridgehead atoms. The van der Waals surface area contributed by atoms with Gasteiger partial charge in [-0.25, -0.2) is 0 Å². The van der Waals surface area contributed by atoms with Crippen LogP contribution in [0.4, 0.5) is 10.8 Å². The van der Waals surface area contributed by atoms with Gasteiger partial charge < -0.3 is 0 Å². The molecule has 10 heteroatoms. The van der Waals surface area contributed by atoms with Gasteiger partial charge >= 0.3 is 0 Å². The first kappa shape index (κ1) is 15.7. The standard InChI is InChI=1S/C11H9ClN4O3S2/c1-2-20-11-15-14-10(21-11)13-9(17)6-3-4-7(12)8(5-6)16(18)19/h3-5H,2H2,1H3,(H,13,14,17). The summed E-state index contributed by atoms with van der Waals surface area (Å²) >= 11 is 8.45. The second-order valence-electron chi connectivity index (χ2n) is 3.68. The average molecular weight is 345 g/mol. The molecule has 0 spiro atoms. The van der Waals surface area contributed by atoms with Crippen molar-refractivity contribution >= 4 is 51.4 Å². The Balaban J connectivity index is 2.16. The molecular weight excluding hydrogens is 336 g/mol. The molecule has 21 heavy (non-hydrogen) atoms. The predicted molar refractivity (Wildman–Crippen MR) is 82.4 cm³/mol. The number of nitrogens with one attached hydrogen (secondary N) is 1. The zero-order chi connectivity index (χ0) is 15.4. The lowest BCUT2D eigenvalue weighted by Gasteiger charge is -2.02. The predicted octanol–water partition coefficient (Wildman–Crippen LogP) is 3.46. The van der Waals surface area contributed by atoms with E-state index in [1.165, 1.54) is 35.2 Å². The number of hydrogen-bond acceptors (Lipinski definition) is 7. The summed E-state index contributed by atoms with van der Waals surface area (Å²) < 4.78 is 0.745. The van der Waals surface area contributed by atoms with Crippen LogP contribution in [0.25, 0.3) is 0 Å². The lowest BCUT2D eigenvalue weighted by molar-refractivity contribution is -0.384. The van der Waals surface area contributed by atoms with E-state index in [9.17, 15) is 14.9 Å². The summed E-state index contributed by atoms with van der Waals surface area (Å²) in [5, 5.41) is 21.4. The van der Waals surface area contributed by atoms with Crippen LogP contribution in [0.3, 0.4) is 0 Å². The first-order valence-electron chi connectivity index (χ1n) is 5.73. The number of aromatic nitrogens is 2. The van der Waals surface area contributed by atoms with Gasteiger partial charge in [0.05, 0.1) is 4.92 Å². The SMILES string of the molecule is CCSc1nnc(NC(=O)c2ccc(Cl)c([N+](=O)[O-])c2)s1. The highest BCUT2D eigenvalue weighted by molar-refractivity contribution is 8.01. The van der Waals surface area contributed by atoms with Crippen LogP contribution in [0.5, 0.6) is 0 Å². The van der Waals surface area contributed by atoms with E-state index in [4.69, 9.17) is 11.6 Å². The molecule has 110 valence electrons. The quantitative estimate of drug-likeness (QED) is 0.386. The molecule has 0 saturated heterocycles. The van der Waals surface area contributed by atoms with Crippen LogP contribution < -0.4 is 5.32 Å². The molecule has 2 aromatic rings. The minimum Gasteiger partial charge on any atom is -0.296 e. The minimum atomic E-state index is -0.639. The van der Waals surface area contributed by atoms with Gasteiger partial charge in [-0.1, -0.05) is 41.6 Å². The molecule has 1 aromatic carbocycles. The Labute approximate surface area is 132 Å². The molecule has 0 unspecified atom stereocenters. The van der Waals surface area contributed by atoms with Crippen molar-refractivity contribution in [3.63, 3.8) is 0 Å². The molecule has 7 nitrogen and oxygen atoms in total. The number of nitrogens with zero attached hydrogens (tertiary/aromatic N) is 3. The molecule has 0 aliphatic carbocycles. The smallest absolute Gasteiger partial charge is 0.288 e. The summed E-state index contributed by atoms with van der Waals surface area (Å²) in [6, 6.07) is 3.85. The van der Waals surface area contributed by atoms with Crippen molar-refractivity contribution in [2.75, 3.05) is 11.1 Å². The van der Waals surface area contributed by atoms with E-state index in [1.54, 1.807) is 0 Å². The van der Waals surface area contributed by atoms with Crippen LogP contribution in [0, 0.1) is 10.1 Å². The average Bonchev–Trinajstić information content (AvgIpc) is 2.86. The van der Waals surface area contributed by atoms with Crippen molar-refractivity contribution in [3.8, 4) is 0 Å². The van der Waals surface area contributed by atoms with Crippen LogP contribution in [-0.2, 0) is 0 Å².